The standard InChI is InChI=1S/C15H24O3/c1-4-18-14(16)10-15(2,17-3)9-13-8-11-5-6-12(13)7-11/h5-6,11-13H,4,7-10H2,1-3H3. The Balaban J connectivity index is 1.91. The van der Waals surface area contributed by atoms with Crippen molar-refractivity contribution in [2.75, 3.05) is 13.7 Å². The Bertz CT molecular complexity index is 337. The van der Waals surface area contributed by atoms with Gasteiger partial charge in [-0.15, -0.1) is 0 Å². The Morgan fingerprint density at radius 2 is 2.17 bits per heavy atom. The van der Waals surface area contributed by atoms with Gasteiger partial charge < -0.3 is 9.47 Å². The van der Waals surface area contributed by atoms with Crippen LogP contribution in [-0.4, -0.2) is 25.3 Å². The van der Waals surface area contributed by atoms with E-state index in [1.54, 1.807) is 7.11 Å². The quantitative estimate of drug-likeness (QED) is 0.538. The topological polar surface area (TPSA) is 35.5 Å². The lowest BCUT2D eigenvalue weighted by Crippen LogP contribution is -2.34. The van der Waals surface area contributed by atoms with Gasteiger partial charge in [-0.05, 0) is 50.9 Å². The van der Waals surface area contributed by atoms with E-state index in [2.05, 4.69) is 12.2 Å². The molecule has 2 aliphatic rings. The van der Waals surface area contributed by atoms with Gasteiger partial charge >= 0.3 is 5.97 Å². The Labute approximate surface area is 110 Å². The lowest BCUT2D eigenvalue weighted by atomic mass is 9.82. The third-order valence-corrected chi connectivity index (χ3v) is 4.43. The van der Waals surface area contributed by atoms with Crippen molar-refractivity contribution in [1.82, 2.24) is 0 Å². The van der Waals surface area contributed by atoms with E-state index >= 15 is 0 Å². The van der Waals surface area contributed by atoms with Gasteiger partial charge in [-0.2, -0.15) is 0 Å². The highest BCUT2D eigenvalue weighted by molar-refractivity contribution is 5.70. The smallest absolute Gasteiger partial charge is 0.308 e. The molecule has 2 bridgehead atoms. The van der Waals surface area contributed by atoms with Crippen LogP contribution in [0, 0.1) is 17.8 Å². The minimum Gasteiger partial charge on any atom is -0.466 e. The molecule has 0 aromatic rings. The summed E-state index contributed by atoms with van der Waals surface area (Å²) in [4.78, 5) is 11.6. The molecule has 4 unspecified atom stereocenters. The Kier molecular flexibility index (Phi) is 4.10. The summed E-state index contributed by atoms with van der Waals surface area (Å²) in [6.07, 6.45) is 8.55. The predicted molar refractivity (Wildman–Crippen MR) is 70.1 cm³/mol. The second kappa shape index (κ2) is 5.43. The van der Waals surface area contributed by atoms with Crippen LogP contribution in [0.1, 0.15) is 39.5 Å². The van der Waals surface area contributed by atoms with Crippen molar-refractivity contribution in [3.63, 3.8) is 0 Å². The first kappa shape index (κ1) is 13.6. The summed E-state index contributed by atoms with van der Waals surface area (Å²) in [5.74, 6) is 1.98. The lowest BCUT2D eigenvalue weighted by molar-refractivity contribution is -0.150. The maximum Gasteiger partial charge on any atom is 0.308 e. The fraction of sp³-hybridized carbons (Fsp3) is 0.800. The molecule has 0 N–H and O–H groups in total. The van der Waals surface area contributed by atoms with Gasteiger partial charge in [-0.1, -0.05) is 12.2 Å². The number of fused-ring (bicyclic) bond motifs is 2. The Hall–Kier alpha value is -0.830. The summed E-state index contributed by atoms with van der Waals surface area (Å²) in [5.41, 5.74) is -0.380. The molecule has 1 saturated carbocycles. The molecule has 2 rings (SSSR count). The van der Waals surface area contributed by atoms with Crippen LogP contribution >= 0.6 is 0 Å². The van der Waals surface area contributed by atoms with Crippen LogP contribution < -0.4 is 0 Å². The highest BCUT2D eigenvalue weighted by Crippen LogP contribution is 2.47. The van der Waals surface area contributed by atoms with Crippen LogP contribution in [0.2, 0.25) is 0 Å². The monoisotopic (exact) mass is 252 g/mol. The summed E-state index contributed by atoms with van der Waals surface area (Å²) in [6, 6.07) is 0. The Morgan fingerprint density at radius 3 is 2.67 bits per heavy atom. The van der Waals surface area contributed by atoms with Gasteiger partial charge in [0.2, 0.25) is 0 Å². The van der Waals surface area contributed by atoms with Crippen molar-refractivity contribution >= 4 is 5.97 Å². The minimum absolute atomic E-state index is 0.152. The summed E-state index contributed by atoms with van der Waals surface area (Å²) in [7, 11) is 1.70. The highest BCUT2D eigenvalue weighted by atomic mass is 16.5. The normalized spacial score (nSPS) is 32.5. The van der Waals surface area contributed by atoms with Crippen molar-refractivity contribution < 1.29 is 14.3 Å². The number of hydrogen-bond acceptors (Lipinski definition) is 3. The zero-order valence-corrected chi connectivity index (χ0v) is 11.6. The largest absolute Gasteiger partial charge is 0.466 e. The zero-order valence-electron chi connectivity index (χ0n) is 11.6. The molecule has 0 radical (unpaired) electrons. The van der Waals surface area contributed by atoms with Gasteiger partial charge in [-0.3, -0.25) is 4.79 Å². The van der Waals surface area contributed by atoms with Gasteiger partial charge in [0.05, 0.1) is 18.6 Å². The number of allylic oxidation sites excluding steroid dienone is 2. The molecule has 0 aliphatic heterocycles. The number of rotatable bonds is 6. The first-order chi connectivity index (χ1) is 8.56. The second-order valence-electron chi connectivity index (χ2n) is 5.88. The molecule has 18 heavy (non-hydrogen) atoms. The van der Waals surface area contributed by atoms with Crippen molar-refractivity contribution in [3.05, 3.63) is 12.2 Å². The summed E-state index contributed by atoms with van der Waals surface area (Å²) >= 11 is 0. The molecule has 2 aliphatic carbocycles. The fourth-order valence-corrected chi connectivity index (χ4v) is 3.43. The first-order valence-corrected chi connectivity index (χ1v) is 6.95. The van der Waals surface area contributed by atoms with Crippen molar-refractivity contribution in [1.29, 1.82) is 0 Å². The maximum absolute atomic E-state index is 11.6. The maximum atomic E-state index is 11.6. The molecule has 0 aromatic carbocycles. The number of ether oxygens (including phenoxy) is 2. The van der Waals surface area contributed by atoms with E-state index in [4.69, 9.17) is 9.47 Å². The van der Waals surface area contributed by atoms with E-state index in [0.29, 0.717) is 24.9 Å². The van der Waals surface area contributed by atoms with Crippen molar-refractivity contribution in [3.8, 4) is 0 Å². The fourth-order valence-electron chi connectivity index (χ4n) is 3.43. The molecule has 1 fully saturated rings. The second-order valence-corrected chi connectivity index (χ2v) is 5.88. The minimum atomic E-state index is -0.380. The molecule has 3 nitrogen and oxygen atoms in total. The average Bonchev–Trinajstić information content (AvgIpc) is 2.91. The molecule has 102 valence electrons. The summed E-state index contributed by atoms with van der Waals surface area (Å²) in [5, 5.41) is 0. The molecular weight excluding hydrogens is 228 g/mol. The van der Waals surface area contributed by atoms with Crippen molar-refractivity contribution in [2.45, 2.75) is 45.1 Å². The van der Waals surface area contributed by atoms with Gasteiger partial charge in [0.25, 0.3) is 0 Å². The van der Waals surface area contributed by atoms with Gasteiger partial charge in [0.1, 0.15) is 0 Å². The molecule has 0 heterocycles. The summed E-state index contributed by atoms with van der Waals surface area (Å²) < 4.78 is 10.6. The molecule has 0 spiro atoms. The van der Waals surface area contributed by atoms with Gasteiger partial charge in [-0.25, -0.2) is 0 Å². The number of carbonyl (C=O) groups excluding carboxylic acids is 1. The molecule has 0 saturated heterocycles. The van der Waals surface area contributed by atoms with E-state index in [1.807, 2.05) is 13.8 Å². The van der Waals surface area contributed by atoms with Crippen LogP contribution in [0.25, 0.3) is 0 Å². The van der Waals surface area contributed by atoms with E-state index in [-0.39, 0.29) is 11.6 Å². The van der Waals surface area contributed by atoms with Crippen LogP contribution in [0.15, 0.2) is 12.2 Å². The molecule has 3 heteroatoms. The highest BCUT2D eigenvalue weighted by Gasteiger charge is 2.40. The van der Waals surface area contributed by atoms with E-state index in [9.17, 15) is 4.79 Å². The van der Waals surface area contributed by atoms with Crippen LogP contribution in [0.4, 0.5) is 0 Å². The molecule has 0 amide bonds. The first-order valence-electron chi connectivity index (χ1n) is 6.95. The number of methoxy groups -OCH3 is 1. The average molecular weight is 252 g/mol. The van der Waals surface area contributed by atoms with Gasteiger partial charge in [0, 0.05) is 7.11 Å². The van der Waals surface area contributed by atoms with E-state index < -0.39 is 0 Å². The van der Waals surface area contributed by atoms with E-state index in [0.717, 1.165) is 12.3 Å². The number of carbonyl (C=O) groups is 1. The van der Waals surface area contributed by atoms with Crippen molar-refractivity contribution in [2.24, 2.45) is 17.8 Å². The third-order valence-electron chi connectivity index (χ3n) is 4.43. The SMILES string of the molecule is CCOC(=O)CC(C)(CC1CC2C=CC1C2)OC. The Morgan fingerprint density at radius 1 is 1.39 bits per heavy atom. The third kappa shape index (κ3) is 2.94. The zero-order chi connectivity index (χ0) is 13.2. The van der Waals surface area contributed by atoms with Crippen LogP contribution in [0.3, 0.4) is 0 Å². The summed E-state index contributed by atoms with van der Waals surface area (Å²) in [6.45, 7) is 4.30. The number of esters is 1. The van der Waals surface area contributed by atoms with E-state index in [1.165, 1.54) is 12.8 Å². The molecular formula is C15H24O3. The molecule has 0 aromatic heterocycles. The van der Waals surface area contributed by atoms with Crippen LogP contribution in [-0.2, 0) is 14.3 Å². The predicted octanol–water partition coefficient (Wildman–Crippen LogP) is 2.95. The van der Waals surface area contributed by atoms with Crippen LogP contribution in [0.5, 0.6) is 0 Å². The molecule has 4 atom stereocenters. The number of hydrogen-bond donors (Lipinski definition) is 0. The lowest BCUT2D eigenvalue weighted by Gasteiger charge is -2.32. The van der Waals surface area contributed by atoms with Gasteiger partial charge in [0.15, 0.2) is 0 Å².